The van der Waals surface area contributed by atoms with Crippen LogP contribution in [0.3, 0.4) is 0 Å². The minimum atomic E-state index is -0.479. The summed E-state index contributed by atoms with van der Waals surface area (Å²) in [6, 6.07) is 7.51. The van der Waals surface area contributed by atoms with Gasteiger partial charge in [0.1, 0.15) is 0 Å². The molecule has 1 atom stereocenters. The number of piperidine rings is 1. The molecule has 0 aromatic heterocycles. The number of nitrogens with zero attached hydrogens (tertiary/aromatic N) is 1. The SMILES string of the molecule is CC(C)(C(O)c1ccc(Cl)cc1)N1CCCCC1. The smallest absolute Gasteiger partial charge is 0.0968 e. The molecule has 0 aliphatic carbocycles. The molecule has 1 saturated heterocycles. The second kappa shape index (κ2) is 5.60. The molecule has 2 nitrogen and oxygen atoms in total. The van der Waals surface area contributed by atoms with Gasteiger partial charge in [0.15, 0.2) is 0 Å². The van der Waals surface area contributed by atoms with Crippen LogP contribution in [-0.2, 0) is 0 Å². The predicted octanol–water partition coefficient (Wildman–Crippen LogP) is 3.64. The van der Waals surface area contributed by atoms with Crippen LogP contribution in [0.5, 0.6) is 0 Å². The van der Waals surface area contributed by atoms with E-state index in [-0.39, 0.29) is 5.54 Å². The van der Waals surface area contributed by atoms with Gasteiger partial charge in [-0.3, -0.25) is 4.90 Å². The van der Waals surface area contributed by atoms with Crippen molar-refractivity contribution < 1.29 is 5.11 Å². The van der Waals surface area contributed by atoms with Gasteiger partial charge in [0.2, 0.25) is 0 Å². The highest BCUT2D eigenvalue weighted by Gasteiger charge is 2.35. The van der Waals surface area contributed by atoms with Crippen LogP contribution in [0.1, 0.15) is 44.8 Å². The summed E-state index contributed by atoms with van der Waals surface area (Å²) in [6.45, 7) is 6.41. The third-order valence-corrected chi connectivity index (χ3v) is 4.28. The molecule has 0 amide bonds. The number of halogens is 1. The van der Waals surface area contributed by atoms with Crippen LogP contribution in [-0.4, -0.2) is 28.6 Å². The topological polar surface area (TPSA) is 23.5 Å². The molecule has 1 unspecified atom stereocenters. The third kappa shape index (κ3) is 2.87. The molecule has 2 rings (SSSR count). The van der Waals surface area contributed by atoms with E-state index in [1.807, 2.05) is 24.3 Å². The fourth-order valence-electron chi connectivity index (χ4n) is 2.70. The first-order valence-electron chi connectivity index (χ1n) is 6.70. The molecule has 0 radical (unpaired) electrons. The Morgan fingerprint density at radius 2 is 1.67 bits per heavy atom. The van der Waals surface area contributed by atoms with Crippen molar-refractivity contribution in [1.82, 2.24) is 4.90 Å². The van der Waals surface area contributed by atoms with Crippen LogP contribution in [0.15, 0.2) is 24.3 Å². The van der Waals surface area contributed by atoms with Gasteiger partial charge in [0, 0.05) is 10.6 Å². The van der Waals surface area contributed by atoms with E-state index in [0.29, 0.717) is 5.02 Å². The zero-order valence-corrected chi connectivity index (χ0v) is 12.0. The van der Waals surface area contributed by atoms with E-state index >= 15 is 0 Å². The minimum absolute atomic E-state index is 0.228. The summed E-state index contributed by atoms with van der Waals surface area (Å²) in [7, 11) is 0. The molecule has 0 bridgehead atoms. The van der Waals surface area contributed by atoms with Gasteiger partial charge in [0.25, 0.3) is 0 Å². The van der Waals surface area contributed by atoms with E-state index in [1.165, 1.54) is 19.3 Å². The Kier molecular flexibility index (Phi) is 4.31. The van der Waals surface area contributed by atoms with Crippen LogP contribution in [0, 0.1) is 0 Å². The van der Waals surface area contributed by atoms with Gasteiger partial charge >= 0.3 is 0 Å². The highest BCUT2D eigenvalue weighted by molar-refractivity contribution is 6.30. The molecule has 1 fully saturated rings. The Morgan fingerprint density at radius 3 is 2.22 bits per heavy atom. The fourth-order valence-corrected chi connectivity index (χ4v) is 2.82. The Balaban J connectivity index is 2.14. The first-order chi connectivity index (χ1) is 8.51. The lowest BCUT2D eigenvalue weighted by atomic mass is 9.88. The van der Waals surface area contributed by atoms with Gasteiger partial charge < -0.3 is 5.11 Å². The van der Waals surface area contributed by atoms with Gasteiger partial charge in [-0.2, -0.15) is 0 Å². The normalized spacial score (nSPS) is 19.8. The molecule has 1 aromatic carbocycles. The van der Waals surface area contributed by atoms with Crippen molar-refractivity contribution in [1.29, 1.82) is 0 Å². The van der Waals surface area contributed by atoms with E-state index in [9.17, 15) is 5.11 Å². The number of rotatable bonds is 3. The Bertz CT molecular complexity index is 382. The van der Waals surface area contributed by atoms with E-state index in [2.05, 4.69) is 18.7 Å². The highest BCUT2D eigenvalue weighted by atomic mass is 35.5. The predicted molar refractivity (Wildman–Crippen MR) is 75.9 cm³/mol. The lowest BCUT2D eigenvalue weighted by Crippen LogP contribution is -2.50. The number of likely N-dealkylation sites (tertiary alicyclic amines) is 1. The maximum Gasteiger partial charge on any atom is 0.0968 e. The molecule has 1 aliphatic rings. The van der Waals surface area contributed by atoms with Gasteiger partial charge in [0.05, 0.1) is 6.10 Å². The number of hydrogen-bond donors (Lipinski definition) is 1. The van der Waals surface area contributed by atoms with Crippen LogP contribution in [0.4, 0.5) is 0 Å². The summed E-state index contributed by atoms with van der Waals surface area (Å²) in [5.74, 6) is 0. The van der Waals surface area contributed by atoms with E-state index < -0.39 is 6.10 Å². The Labute approximate surface area is 115 Å². The number of aliphatic hydroxyl groups excluding tert-OH is 1. The zero-order valence-electron chi connectivity index (χ0n) is 11.2. The second-order valence-corrected chi connectivity index (χ2v) is 6.09. The fraction of sp³-hybridized carbons (Fsp3) is 0.600. The molecule has 1 heterocycles. The van der Waals surface area contributed by atoms with Crippen molar-refractivity contribution in [3.05, 3.63) is 34.9 Å². The number of aliphatic hydroxyl groups is 1. The summed E-state index contributed by atoms with van der Waals surface area (Å²) in [5, 5.41) is 11.3. The lowest BCUT2D eigenvalue weighted by Gasteiger charge is -2.44. The first kappa shape index (κ1) is 13.9. The van der Waals surface area contributed by atoms with Crippen molar-refractivity contribution >= 4 is 11.6 Å². The summed E-state index contributed by atoms with van der Waals surface area (Å²) in [6.07, 6.45) is 3.30. The summed E-state index contributed by atoms with van der Waals surface area (Å²) in [5.41, 5.74) is 0.712. The van der Waals surface area contributed by atoms with Crippen LogP contribution in [0.2, 0.25) is 5.02 Å². The Hall–Kier alpha value is -0.570. The molecule has 1 aromatic rings. The number of hydrogen-bond acceptors (Lipinski definition) is 2. The van der Waals surface area contributed by atoms with Gasteiger partial charge in [-0.05, 0) is 57.5 Å². The molecular formula is C15H22ClNO. The summed E-state index contributed by atoms with van der Waals surface area (Å²) in [4.78, 5) is 2.40. The highest BCUT2D eigenvalue weighted by Crippen LogP contribution is 2.33. The summed E-state index contributed by atoms with van der Waals surface area (Å²) >= 11 is 5.89. The van der Waals surface area contributed by atoms with Crippen LogP contribution < -0.4 is 0 Å². The molecule has 0 saturated carbocycles. The third-order valence-electron chi connectivity index (χ3n) is 4.03. The lowest BCUT2D eigenvalue weighted by molar-refractivity contribution is -0.0208. The number of benzene rings is 1. The molecule has 1 N–H and O–H groups in total. The monoisotopic (exact) mass is 267 g/mol. The van der Waals surface area contributed by atoms with Crippen molar-refractivity contribution in [3.8, 4) is 0 Å². The van der Waals surface area contributed by atoms with Gasteiger partial charge in [-0.25, -0.2) is 0 Å². The average molecular weight is 268 g/mol. The molecule has 1 aliphatic heterocycles. The average Bonchev–Trinajstić information content (AvgIpc) is 2.40. The van der Waals surface area contributed by atoms with E-state index in [1.54, 1.807) is 0 Å². The van der Waals surface area contributed by atoms with Crippen molar-refractivity contribution in [2.45, 2.75) is 44.8 Å². The summed E-state index contributed by atoms with van der Waals surface area (Å²) < 4.78 is 0. The van der Waals surface area contributed by atoms with Crippen molar-refractivity contribution in [2.75, 3.05) is 13.1 Å². The maximum absolute atomic E-state index is 10.6. The molecule has 18 heavy (non-hydrogen) atoms. The Morgan fingerprint density at radius 1 is 1.11 bits per heavy atom. The molecular weight excluding hydrogens is 246 g/mol. The first-order valence-corrected chi connectivity index (χ1v) is 7.08. The standard InChI is InChI=1S/C15H22ClNO/c1-15(2,17-10-4-3-5-11-17)14(18)12-6-8-13(16)9-7-12/h6-9,14,18H,3-5,10-11H2,1-2H3. The molecule has 100 valence electrons. The maximum atomic E-state index is 10.6. The van der Waals surface area contributed by atoms with Crippen molar-refractivity contribution in [3.63, 3.8) is 0 Å². The van der Waals surface area contributed by atoms with Gasteiger partial charge in [-0.15, -0.1) is 0 Å². The van der Waals surface area contributed by atoms with Crippen LogP contribution in [0.25, 0.3) is 0 Å². The van der Waals surface area contributed by atoms with Crippen molar-refractivity contribution in [2.24, 2.45) is 0 Å². The zero-order chi connectivity index (χ0) is 13.2. The minimum Gasteiger partial charge on any atom is -0.386 e. The van der Waals surface area contributed by atoms with Crippen LogP contribution >= 0.6 is 11.6 Å². The molecule has 3 heteroatoms. The van der Waals surface area contributed by atoms with E-state index in [0.717, 1.165) is 18.7 Å². The van der Waals surface area contributed by atoms with E-state index in [4.69, 9.17) is 11.6 Å². The largest absolute Gasteiger partial charge is 0.386 e. The quantitative estimate of drug-likeness (QED) is 0.904. The molecule has 0 spiro atoms. The van der Waals surface area contributed by atoms with Gasteiger partial charge in [-0.1, -0.05) is 30.2 Å². The second-order valence-electron chi connectivity index (χ2n) is 5.66.